The van der Waals surface area contributed by atoms with Crippen LogP contribution in [0.2, 0.25) is 5.02 Å². The van der Waals surface area contributed by atoms with Crippen molar-refractivity contribution >= 4 is 22.6 Å². The number of nitrogens with one attached hydrogen (secondary N) is 1. The molecule has 0 spiro atoms. The molecule has 1 aromatic heterocycles. The van der Waals surface area contributed by atoms with Gasteiger partial charge in [0.05, 0.1) is 11.0 Å². The van der Waals surface area contributed by atoms with E-state index in [-0.39, 0.29) is 5.52 Å². The highest BCUT2D eigenvalue weighted by atomic mass is 35.5. The Hall–Kier alpha value is -2.01. The van der Waals surface area contributed by atoms with E-state index < -0.39 is 12.0 Å². The van der Waals surface area contributed by atoms with Crippen molar-refractivity contribution < 1.29 is 13.2 Å². The van der Waals surface area contributed by atoms with Crippen LogP contribution in [0.1, 0.15) is 5.82 Å². The van der Waals surface area contributed by atoms with Gasteiger partial charge in [-0.15, -0.1) is 0 Å². The SMILES string of the molecule is FC(F)(F)c1nc2ccc(-c3cccc(Cl)c3)cc2[nH]1. The second-order valence-electron chi connectivity index (χ2n) is 4.33. The number of H-pyrrole nitrogens is 1. The largest absolute Gasteiger partial charge is 0.449 e. The maximum atomic E-state index is 12.6. The van der Waals surface area contributed by atoms with Crippen LogP contribution >= 0.6 is 11.6 Å². The van der Waals surface area contributed by atoms with Gasteiger partial charge in [-0.25, -0.2) is 4.98 Å². The minimum atomic E-state index is -4.48. The molecule has 1 heterocycles. The predicted octanol–water partition coefficient (Wildman–Crippen LogP) is 4.90. The van der Waals surface area contributed by atoms with E-state index >= 15 is 0 Å². The fraction of sp³-hybridized carbons (Fsp3) is 0.0714. The first-order valence-corrected chi connectivity index (χ1v) is 6.14. The molecule has 0 fully saturated rings. The van der Waals surface area contributed by atoms with Crippen molar-refractivity contribution in [2.45, 2.75) is 6.18 Å². The number of nitrogens with zero attached hydrogens (tertiary/aromatic N) is 1. The Balaban J connectivity index is 2.11. The summed E-state index contributed by atoms with van der Waals surface area (Å²) in [5.41, 5.74) is 2.23. The number of alkyl halides is 3. The first kappa shape index (κ1) is 13.0. The third kappa shape index (κ3) is 2.36. The minimum absolute atomic E-state index is 0.281. The Bertz CT molecular complexity index is 777. The first-order valence-electron chi connectivity index (χ1n) is 5.76. The van der Waals surface area contributed by atoms with Gasteiger partial charge in [0.25, 0.3) is 0 Å². The Morgan fingerprint density at radius 3 is 2.45 bits per heavy atom. The zero-order valence-electron chi connectivity index (χ0n) is 10.0. The van der Waals surface area contributed by atoms with Crippen LogP contribution in [0.4, 0.5) is 13.2 Å². The molecule has 3 rings (SSSR count). The summed E-state index contributed by atoms with van der Waals surface area (Å²) >= 11 is 5.91. The van der Waals surface area contributed by atoms with Crippen molar-refractivity contribution in [2.75, 3.05) is 0 Å². The summed E-state index contributed by atoms with van der Waals surface area (Å²) in [6, 6.07) is 12.0. The fourth-order valence-electron chi connectivity index (χ4n) is 1.99. The summed E-state index contributed by atoms with van der Waals surface area (Å²) in [6.45, 7) is 0. The average Bonchev–Trinajstić information content (AvgIpc) is 2.81. The first-order chi connectivity index (χ1) is 9.43. The van der Waals surface area contributed by atoms with E-state index in [1.54, 1.807) is 36.4 Å². The van der Waals surface area contributed by atoms with Gasteiger partial charge in [-0.3, -0.25) is 0 Å². The summed E-state index contributed by atoms with van der Waals surface area (Å²) in [7, 11) is 0. The highest BCUT2D eigenvalue weighted by molar-refractivity contribution is 6.30. The molecule has 102 valence electrons. The zero-order chi connectivity index (χ0) is 14.3. The smallest absolute Gasteiger partial charge is 0.334 e. The van der Waals surface area contributed by atoms with Crippen LogP contribution in [0.3, 0.4) is 0 Å². The normalized spacial score (nSPS) is 12.0. The van der Waals surface area contributed by atoms with Gasteiger partial charge in [0.15, 0.2) is 0 Å². The maximum absolute atomic E-state index is 12.6. The third-order valence-corrected chi connectivity index (χ3v) is 3.14. The number of aromatic nitrogens is 2. The average molecular weight is 297 g/mol. The van der Waals surface area contributed by atoms with Crippen molar-refractivity contribution in [1.29, 1.82) is 0 Å². The van der Waals surface area contributed by atoms with Crippen molar-refractivity contribution in [2.24, 2.45) is 0 Å². The molecule has 0 saturated carbocycles. The van der Waals surface area contributed by atoms with E-state index in [0.717, 1.165) is 11.1 Å². The van der Waals surface area contributed by atoms with Crippen molar-refractivity contribution in [3.05, 3.63) is 53.3 Å². The molecule has 0 unspecified atom stereocenters. The number of benzene rings is 2. The van der Waals surface area contributed by atoms with Crippen LogP contribution in [0.15, 0.2) is 42.5 Å². The van der Waals surface area contributed by atoms with Crippen LogP contribution in [-0.4, -0.2) is 9.97 Å². The predicted molar refractivity (Wildman–Crippen MR) is 71.5 cm³/mol. The van der Waals surface area contributed by atoms with Gasteiger partial charge in [-0.2, -0.15) is 13.2 Å². The van der Waals surface area contributed by atoms with E-state index in [1.165, 1.54) is 0 Å². The monoisotopic (exact) mass is 296 g/mol. The van der Waals surface area contributed by atoms with E-state index in [1.807, 2.05) is 6.07 Å². The highest BCUT2D eigenvalue weighted by Gasteiger charge is 2.34. The third-order valence-electron chi connectivity index (χ3n) is 2.91. The zero-order valence-corrected chi connectivity index (χ0v) is 10.8. The van der Waals surface area contributed by atoms with Crippen LogP contribution in [0.25, 0.3) is 22.2 Å². The lowest BCUT2D eigenvalue weighted by molar-refractivity contribution is -0.144. The summed E-state index contributed by atoms with van der Waals surface area (Å²) in [6.07, 6.45) is -4.48. The van der Waals surface area contributed by atoms with Gasteiger partial charge in [0.1, 0.15) is 0 Å². The fourth-order valence-corrected chi connectivity index (χ4v) is 2.18. The molecule has 0 aliphatic carbocycles. The number of rotatable bonds is 1. The molecule has 0 aliphatic heterocycles. The van der Waals surface area contributed by atoms with Gasteiger partial charge in [-0.05, 0) is 35.4 Å². The van der Waals surface area contributed by atoms with Gasteiger partial charge in [0, 0.05) is 5.02 Å². The molecule has 0 amide bonds. The van der Waals surface area contributed by atoms with Crippen LogP contribution in [0.5, 0.6) is 0 Å². The molecule has 0 radical (unpaired) electrons. The molecular weight excluding hydrogens is 289 g/mol. The van der Waals surface area contributed by atoms with Crippen molar-refractivity contribution in [3.8, 4) is 11.1 Å². The van der Waals surface area contributed by atoms with E-state index in [2.05, 4.69) is 9.97 Å². The van der Waals surface area contributed by atoms with E-state index in [0.29, 0.717) is 10.5 Å². The molecule has 0 bridgehead atoms. The van der Waals surface area contributed by atoms with E-state index in [9.17, 15) is 13.2 Å². The Kier molecular flexibility index (Phi) is 2.94. The molecule has 2 nitrogen and oxygen atoms in total. The lowest BCUT2D eigenvalue weighted by Crippen LogP contribution is -2.06. The maximum Gasteiger partial charge on any atom is 0.449 e. The van der Waals surface area contributed by atoms with Gasteiger partial charge in [0.2, 0.25) is 5.82 Å². The standard InChI is InChI=1S/C14H8ClF3N2/c15-10-3-1-2-8(6-10)9-4-5-11-12(7-9)20-13(19-11)14(16,17)18/h1-7H,(H,19,20). The molecular formula is C14H8ClF3N2. The second-order valence-corrected chi connectivity index (χ2v) is 4.76. The van der Waals surface area contributed by atoms with E-state index in [4.69, 9.17) is 11.6 Å². The van der Waals surface area contributed by atoms with Gasteiger partial charge in [-0.1, -0.05) is 29.8 Å². The van der Waals surface area contributed by atoms with Crippen molar-refractivity contribution in [3.63, 3.8) is 0 Å². The molecule has 2 aromatic carbocycles. The number of hydrogen-bond acceptors (Lipinski definition) is 1. The summed E-state index contributed by atoms with van der Waals surface area (Å²) in [4.78, 5) is 5.82. The number of halogens is 4. The number of fused-ring (bicyclic) bond motifs is 1. The Morgan fingerprint density at radius 1 is 1.00 bits per heavy atom. The lowest BCUT2D eigenvalue weighted by Gasteiger charge is -2.02. The minimum Gasteiger partial charge on any atom is -0.334 e. The molecule has 6 heteroatoms. The van der Waals surface area contributed by atoms with Crippen molar-refractivity contribution in [1.82, 2.24) is 9.97 Å². The highest BCUT2D eigenvalue weighted by Crippen LogP contribution is 2.30. The topological polar surface area (TPSA) is 28.7 Å². The molecule has 20 heavy (non-hydrogen) atoms. The van der Waals surface area contributed by atoms with Crippen LogP contribution < -0.4 is 0 Å². The van der Waals surface area contributed by atoms with Crippen LogP contribution in [-0.2, 0) is 6.18 Å². The second kappa shape index (κ2) is 4.52. The number of hydrogen-bond donors (Lipinski definition) is 1. The lowest BCUT2D eigenvalue weighted by atomic mass is 10.1. The summed E-state index contributed by atoms with van der Waals surface area (Å²) in [5.74, 6) is -0.990. The number of aromatic amines is 1. The quantitative estimate of drug-likeness (QED) is 0.679. The number of imidazole rings is 1. The Morgan fingerprint density at radius 2 is 1.75 bits per heavy atom. The molecule has 0 atom stereocenters. The summed E-state index contributed by atoms with van der Waals surface area (Å²) < 4.78 is 37.8. The summed E-state index contributed by atoms with van der Waals surface area (Å²) in [5, 5.41) is 0.572. The molecule has 0 aliphatic rings. The molecule has 0 saturated heterocycles. The van der Waals surface area contributed by atoms with Gasteiger partial charge >= 0.3 is 6.18 Å². The van der Waals surface area contributed by atoms with Crippen LogP contribution in [0, 0.1) is 0 Å². The Labute approximate surface area is 117 Å². The molecule has 3 aromatic rings. The molecule has 1 N–H and O–H groups in total. The van der Waals surface area contributed by atoms with Gasteiger partial charge < -0.3 is 4.98 Å².